The Labute approximate surface area is 126 Å². The minimum atomic E-state index is -0.604. The molecule has 0 bridgehead atoms. The maximum atomic E-state index is 10.2. The van der Waals surface area contributed by atoms with E-state index in [1.165, 1.54) is 12.8 Å². The summed E-state index contributed by atoms with van der Waals surface area (Å²) in [7, 11) is 1.63. The van der Waals surface area contributed by atoms with Crippen molar-refractivity contribution in [2.75, 3.05) is 26.7 Å². The monoisotopic (exact) mass is 291 g/mol. The Hall–Kier alpha value is -1.75. The molecule has 2 rings (SSSR count). The molecule has 0 radical (unpaired) electrons. The predicted molar refractivity (Wildman–Crippen MR) is 84.7 cm³/mol. The first-order chi connectivity index (χ1) is 10.2. The second kappa shape index (κ2) is 7.88. The maximum Gasteiger partial charge on any atom is 0.191 e. The normalized spacial score (nSPS) is 16.4. The van der Waals surface area contributed by atoms with Crippen LogP contribution in [0.2, 0.25) is 0 Å². The molecule has 21 heavy (non-hydrogen) atoms. The molecule has 0 heterocycles. The zero-order chi connectivity index (χ0) is 15.1. The van der Waals surface area contributed by atoms with Crippen molar-refractivity contribution in [3.63, 3.8) is 0 Å². The van der Waals surface area contributed by atoms with Crippen LogP contribution in [0.5, 0.6) is 5.75 Å². The lowest BCUT2D eigenvalue weighted by Gasteiger charge is -2.13. The van der Waals surface area contributed by atoms with E-state index in [4.69, 9.17) is 4.74 Å². The highest BCUT2D eigenvalue weighted by molar-refractivity contribution is 5.79. The van der Waals surface area contributed by atoms with Gasteiger partial charge in [-0.3, -0.25) is 4.99 Å². The molecule has 0 amide bonds. The van der Waals surface area contributed by atoms with Crippen LogP contribution in [0, 0.1) is 5.92 Å². The fraction of sp³-hybridized carbons (Fsp3) is 0.562. The van der Waals surface area contributed by atoms with Gasteiger partial charge >= 0.3 is 0 Å². The third-order valence-corrected chi connectivity index (χ3v) is 3.52. The number of ether oxygens (including phenoxy) is 1. The van der Waals surface area contributed by atoms with Gasteiger partial charge in [-0.05, 0) is 43.4 Å². The lowest BCUT2D eigenvalue weighted by molar-refractivity contribution is 0.187. The first-order valence-electron chi connectivity index (χ1n) is 7.57. The average Bonchev–Trinajstić information content (AvgIpc) is 3.34. The van der Waals surface area contributed by atoms with Gasteiger partial charge < -0.3 is 20.5 Å². The van der Waals surface area contributed by atoms with Crippen LogP contribution in [0.1, 0.15) is 31.4 Å². The molecule has 1 aliphatic carbocycles. The summed E-state index contributed by atoms with van der Waals surface area (Å²) in [5.41, 5.74) is 0.845. The molecule has 3 N–H and O–H groups in total. The summed E-state index contributed by atoms with van der Waals surface area (Å²) in [5.74, 6) is 2.35. The van der Waals surface area contributed by atoms with E-state index in [0.29, 0.717) is 6.54 Å². The van der Waals surface area contributed by atoms with Crippen molar-refractivity contribution >= 4 is 5.96 Å². The fourth-order valence-corrected chi connectivity index (χ4v) is 2.01. The Morgan fingerprint density at radius 3 is 2.62 bits per heavy atom. The van der Waals surface area contributed by atoms with Crippen LogP contribution >= 0.6 is 0 Å². The molecule has 1 aliphatic rings. The van der Waals surface area contributed by atoms with Crippen LogP contribution in [0.4, 0.5) is 0 Å². The molecule has 0 aromatic heterocycles. The molecule has 116 valence electrons. The Kier molecular flexibility index (Phi) is 5.87. The van der Waals surface area contributed by atoms with Gasteiger partial charge in [0.05, 0.1) is 19.8 Å². The zero-order valence-electron chi connectivity index (χ0n) is 12.8. The van der Waals surface area contributed by atoms with Crippen molar-refractivity contribution < 1.29 is 9.84 Å². The first-order valence-corrected chi connectivity index (χ1v) is 7.57. The van der Waals surface area contributed by atoms with Crippen LogP contribution in [0.15, 0.2) is 29.3 Å². The van der Waals surface area contributed by atoms with Gasteiger partial charge in [-0.1, -0.05) is 12.1 Å². The van der Waals surface area contributed by atoms with Crippen molar-refractivity contribution in [3.05, 3.63) is 29.8 Å². The number of guanidine groups is 1. The third kappa shape index (κ3) is 5.27. The standard InChI is InChI=1S/C16H25N3O2/c1-3-17-16(18-10-12-4-5-12)19-11-15(20)13-6-8-14(21-2)9-7-13/h6-9,12,15,20H,3-5,10-11H2,1-2H3,(H2,17,18,19). The van der Waals surface area contributed by atoms with Crippen molar-refractivity contribution in [2.45, 2.75) is 25.9 Å². The number of hydrogen-bond donors (Lipinski definition) is 3. The van der Waals surface area contributed by atoms with E-state index in [-0.39, 0.29) is 0 Å². The molecule has 1 atom stereocenters. The maximum absolute atomic E-state index is 10.2. The van der Waals surface area contributed by atoms with E-state index >= 15 is 0 Å². The predicted octanol–water partition coefficient (Wildman–Crippen LogP) is 1.69. The number of rotatable bonds is 7. The largest absolute Gasteiger partial charge is 0.497 e. The topological polar surface area (TPSA) is 65.9 Å². The lowest BCUT2D eigenvalue weighted by atomic mass is 10.1. The highest BCUT2D eigenvalue weighted by atomic mass is 16.5. The summed E-state index contributed by atoms with van der Waals surface area (Å²) in [4.78, 5) is 4.45. The molecule has 1 aromatic rings. The van der Waals surface area contributed by atoms with Crippen LogP contribution in [-0.2, 0) is 0 Å². The van der Waals surface area contributed by atoms with E-state index in [1.807, 2.05) is 31.2 Å². The molecular formula is C16H25N3O2. The minimum absolute atomic E-state index is 0.340. The molecular weight excluding hydrogens is 266 g/mol. The molecule has 1 unspecified atom stereocenters. The highest BCUT2D eigenvalue weighted by Gasteiger charge is 2.21. The Morgan fingerprint density at radius 1 is 1.33 bits per heavy atom. The first kappa shape index (κ1) is 15.6. The summed E-state index contributed by atoms with van der Waals surface area (Å²) in [6.07, 6.45) is 2.01. The van der Waals surface area contributed by atoms with Crippen molar-refractivity contribution in [2.24, 2.45) is 10.9 Å². The van der Waals surface area contributed by atoms with Crippen molar-refractivity contribution in [3.8, 4) is 5.75 Å². The summed E-state index contributed by atoms with van der Waals surface area (Å²) >= 11 is 0. The Morgan fingerprint density at radius 2 is 2.05 bits per heavy atom. The summed E-state index contributed by atoms with van der Waals surface area (Å²) in [5, 5.41) is 16.7. The number of hydrogen-bond acceptors (Lipinski definition) is 3. The van der Waals surface area contributed by atoms with Gasteiger partial charge in [0.25, 0.3) is 0 Å². The number of aliphatic hydroxyl groups is 1. The number of aliphatic imine (C=N–C) groups is 1. The molecule has 0 aliphatic heterocycles. The summed E-state index contributed by atoms with van der Waals surface area (Å²) < 4.78 is 5.11. The molecule has 0 spiro atoms. The second-order valence-corrected chi connectivity index (χ2v) is 5.33. The van der Waals surface area contributed by atoms with Crippen LogP contribution in [0.3, 0.4) is 0 Å². The minimum Gasteiger partial charge on any atom is -0.497 e. The molecule has 0 saturated heterocycles. The van der Waals surface area contributed by atoms with Crippen molar-refractivity contribution in [1.82, 2.24) is 10.6 Å². The number of benzene rings is 1. The molecule has 5 heteroatoms. The van der Waals surface area contributed by atoms with Gasteiger partial charge in [-0.25, -0.2) is 0 Å². The van der Waals surface area contributed by atoms with E-state index in [2.05, 4.69) is 15.6 Å². The van der Waals surface area contributed by atoms with Gasteiger partial charge in [0, 0.05) is 13.1 Å². The third-order valence-electron chi connectivity index (χ3n) is 3.52. The van der Waals surface area contributed by atoms with Crippen LogP contribution in [-0.4, -0.2) is 37.8 Å². The zero-order valence-corrected chi connectivity index (χ0v) is 12.8. The van der Waals surface area contributed by atoms with Gasteiger partial charge in [0.2, 0.25) is 0 Å². The number of aliphatic hydroxyl groups excluding tert-OH is 1. The van der Waals surface area contributed by atoms with Gasteiger partial charge in [0.15, 0.2) is 5.96 Å². The fourth-order valence-electron chi connectivity index (χ4n) is 2.01. The van der Waals surface area contributed by atoms with E-state index in [1.54, 1.807) is 7.11 Å². The summed E-state index contributed by atoms with van der Waals surface area (Å²) in [6.45, 7) is 4.15. The van der Waals surface area contributed by atoms with Crippen LogP contribution in [0.25, 0.3) is 0 Å². The quantitative estimate of drug-likeness (QED) is 0.528. The van der Waals surface area contributed by atoms with E-state index in [9.17, 15) is 5.11 Å². The van der Waals surface area contributed by atoms with E-state index in [0.717, 1.165) is 36.3 Å². The highest BCUT2D eigenvalue weighted by Crippen LogP contribution is 2.27. The smallest absolute Gasteiger partial charge is 0.191 e. The van der Waals surface area contributed by atoms with Gasteiger partial charge in [-0.2, -0.15) is 0 Å². The Balaban J connectivity index is 1.87. The average molecular weight is 291 g/mol. The molecule has 1 aromatic carbocycles. The number of nitrogens with zero attached hydrogens (tertiary/aromatic N) is 1. The SMILES string of the molecule is CCNC(=NCC(O)c1ccc(OC)cc1)NCC1CC1. The lowest BCUT2D eigenvalue weighted by Crippen LogP contribution is -2.38. The van der Waals surface area contributed by atoms with Crippen molar-refractivity contribution in [1.29, 1.82) is 0 Å². The molecule has 1 fully saturated rings. The number of nitrogens with one attached hydrogen (secondary N) is 2. The van der Waals surface area contributed by atoms with Crippen LogP contribution < -0.4 is 15.4 Å². The Bertz CT molecular complexity index is 455. The van der Waals surface area contributed by atoms with Gasteiger partial charge in [0.1, 0.15) is 5.75 Å². The second-order valence-electron chi connectivity index (χ2n) is 5.33. The van der Waals surface area contributed by atoms with Gasteiger partial charge in [-0.15, -0.1) is 0 Å². The summed E-state index contributed by atoms with van der Waals surface area (Å²) in [6, 6.07) is 7.42. The molecule has 1 saturated carbocycles. The van der Waals surface area contributed by atoms with E-state index < -0.39 is 6.10 Å². The molecule has 5 nitrogen and oxygen atoms in total. The number of methoxy groups -OCH3 is 1.